The summed E-state index contributed by atoms with van der Waals surface area (Å²) in [6.45, 7) is 0.605. The Morgan fingerprint density at radius 2 is 1.64 bits per heavy atom. The molecule has 1 heterocycles. The van der Waals surface area contributed by atoms with Crippen molar-refractivity contribution < 1.29 is 9.13 Å². The SMILES string of the molecule is COc1ccc(Cn2c(-c3ccccc3F)nc3ccccc32)cc1. The molecule has 0 amide bonds. The molecule has 3 aromatic carbocycles. The number of aromatic nitrogens is 2. The summed E-state index contributed by atoms with van der Waals surface area (Å²) in [6.07, 6.45) is 0. The van der Waals surface area contributed by atoms with E-state index >= 15 is 0 Å². The van der Waals surface area contributed by atoms with Crippen LogP contribution in [-0.2, 0) is 6.54 Å². The number of nitrogens with zero attached hydrogens (tertiary/aromatic N) is 2. The molecule has 4 heteroatoms. The van der Waals surface area contributed by atoms with E-state index in [2.05, 4.69) is 9.55 Å². The number of para-hydroxylation sites is 2. The minimum absolute atomic E-state index is 0.270. The highest BCUT2D eigenvalue weighted by Crippen LogP contribution is 2.28. The summed E-state index contributed by atoms with van der Waals surface area (Å²) in [6, 6.07) is 22.5. The number of halogens is 1. The maximum atomic E-state index is 14.4. The average molecular weight is 332 g/mol. The molecule has 0 saturated carbocycles. The quantitative estimate of drug-likeness (QED) is 0.531. The molecule has 0 bridgehead atoms. The summed E-state index contributed by atoms with van der Waals surface area (Å²) in [5.74, 6) is 1.18. The van der Waals surface area contributed by atoms with E-state index in [0.29, 0.717) is 17.9 Å². The Morgan fingerprint density at radius 1 is 0.920 bits per heavy atom. The third-order valence-corrected chi connectivity index (χ3v) is 4.27. The fourth-order valence-electron chi connectivity index (χ4n) is 3.00. The summed E-state index contributed by atoms with van der Waals surface area (Å²) in [5.41, 5.74) is 3.44. The predicted molar refractivity (Wildman–Crippen MR) is 97.2 cm³/mol. The largest absolute Gasteiger partial charge is 0.497 e. The molecule has 0 spiro atoms. The lowest BCUT2D eigenvalue weighted by molar-refractivity contribution is 0.414. The lowest BCUT2D eigenvalue weighted by Crippen LogP contribution is -2.03. The molecule has 0 N–H and O–H groups in total. The predicted octanol–water partition coefficient (Wildman–Crippen LogP) is 4.90. The van der Waals surface area contributed by atoms with Crippen molar-refractivity contribution in [3.8, 4) is 17.1 Å². The molecule has 4 aromatic rings. The molecule has 0 atom stereocenters. The molecular formula is C21H17FN2O. The molecule has 0 aliphatic heterocycles. The highest BCUT2D eigenvalue weighted by molar-refractivity contribution is 5.80. The van der Waals surface area contributed by atoms with Gasteiger partial charge >= 0.3 is 0 Å². The van der Waals surface area contributed by atoms with Crippen molar-refractivity contribution in [1.29, 1.82) is 0 Å². The van der Waals surface area contributed by atoms with Crippen molar-refractivity contribution in [2.45, 2.75) is 6.54 Å². The minimum atomic E-state index is -0.270. The van der Waals surface area contributed by atoms with Gasteiger partial charge in [0.1, 0.15) is 17.4 Å². The molecule has 1 aromatic heterocycles. The number of rotatable bonds is 4. The van der Waals surface area contributed by atoms with Gasteiger partial charge in [0.2, 0.25) is 0 Å². The summed E-state index contributed by atoms with van der Waals surface area (Å²) < 4.78 is 21.6. The van der Waals surface area contributed by atoms with Crippen molar-refractivity contribution >= 4 is 11.0 Å². The number of methoxy groups -OCH3 is 1. The van der Waals surface area contributed by atoms with E-state index in [1.165, 1.54) is 6.07 Å². The Bertz CT molecular complexity index is 1020. The van der Waals surface area contributed by atoms with Gasteiger partial charge in [0.05, 0.1) is 23.7 Å². The molecular weight excluding hydrogens is 315 g/mol. The molecule has 25 heavy (non-hydrogen) atoms. The van der Waals surface area contributed by atoms with E-state index in [0.717, 1.165) is 22.3 Å². The van der Waals surface area contributed by atoms with Gasteiger partial charge in [-0.25, -0.2) is 9.37 Å². The van der Waals surface area contributed by atoms with E-state index in [-0.39, 0.29) is 5.82 Å². The maximum absolute atomic E-state index is 14.4. The first-order valence-electron chi connectivity index (χ1n) is 8.09. The first-order chi connectivity index (χ1) is 12.3. The van der Waals surface area contributed by atoms with Gasteiger partial charge < -0.3 is 9.30 Å². The number of benzene rings is 3. The Labute approximate surface area is 145 Å². The number of fused-ring (bicyclic) bond motifs is 1. The van der Waals surface area contributed by atoms with E-state index in [4.69, 9.17) is 4.74 Å². The van der Waals surface area contributed by atoms with Gasteiger partial charge in [-0.05, 0) is 42.0 Å². The van der Waals surface area contributed by atoms with Gasteiger partial charge in [-0.1, -0.05) is 36.4 Å². The summed E-state index contributed by atoms with van der Waals surface area (Å²) in [7, 11) is 1.65. The molecule has 0 fully saturated rings. The molecule has 0 saturated heterocycles. The lowest BCUT2D eigenvalue weighted by atomic mass is 10.1. The van der Waals surface area contributed by atoms with Crippen molar-refractivity contribution in [2.24, 2.45) is 0 Å². The Morgan fingerprint density at radius 3 is 2.40 bits per heavy atom. The zero-order valence-corrected chi connectivity index (χ0v) is 13.8. The van der Waals surface area contributed by atoms with Crippen LogP contribution in [0.5, 0.6) is 5.75 Å². The Hall–Kier alpha value is -3.14. The minimum Gasteiger partial charge on any atom is -0.497 e. The standard InChI is InChI=1S/C21H17FN2O/c1-25-16-12-10-15(11-13-16)14-24-20-9-5-4-8-19(20)23-21(24)17-6-2-3-7-18(17)22/h2-13H,14H2,1H3. The van der Waals surface area contributed by atoms with Crippen molar-refractivity contribution in [1.82, 2.24) is 9.55 Å². The van der Waals surface area contributed by atoms with Crippen LogP contribution in [0, 0.1) is 5.82 Å². The second kappa shape index (κ2) is 6.40. The number of hydrogen-bond donors (Lipinski definition) is 0. The van der Waals surface area contributed by atoms with E-state index in [1.807, 2.05) is 54.6 Å². The molecule has 0 radical (unpaired) electrons. The highest BCUT2D eigenvalue weighted by Gasteiger charge is 2.15. The number of imidazole rings is 1. The third-order valence-electron chi connectivity index (χ3n) is 4.27. The van der Waals surface area contributed by atoms with Crippen LogP contribution in [0.15, 0.2) is 72.8 Å². The van der Waals surface area contributed by atoms with Gasteiger partial charge in [-0.3, -0.25) is 0 Å². The summed E-state index contributed by atoms with van der Waals surface area (Å²) >= 11 is 0. The van der Waals surface area contributed by atoms with E-state index < -0.39 is 0 Å². The van der Waals surface area contributed by atoms with E-state index in [9.17, 15) is 4.39 Å². The van der Waals surface area contributed by atoms with Crippen LogP contribution < -0.4 is 4.74 Å². The van der Waals surface area contributed by atoms with Gasteiger partial charge in [0.15, 0.2) is 0 Å². The van der Waals surface area contributed by atoms with Crippen LogP contribution in [-0.4, -0.2) is 16.7 Å². The Kier molecular flexibility index (Phi) is 3.94. The molecule has 0 aliphatic carbocycles. The molecule has 0 aliphatic rings. The summed E-state index contributed by atoms with van der Waals surface area (Å²) in [5, 5.41) is 0. The third kappa shape index (κ3) is 2.87. The first kappa shape index (κ1) is 15.4. The lowest BCUT2D eigenvalue weighted by Gasteiger charge is -2.11. The summed E-state index contributed by atoms with van der Waals surface area (Å²) in [4.78, 5) is 4.67. The van der Waals surface area contributed by atoms with Crippen LogP contribution >= 0.6 is 0 Å². The molecule has 0 unspecified atom stereocenters. The fraction of sp³-hybridized carbons (Fsp3) is 0.0952. The molecule has 3 nitrogen and oxygen atoms in total. The van der Waals surface area contributed by atoms with Gasteiger partial charge in [-0.15, -0.1) is 0 Å². The van der Waals surface area contributed by atoms with Crippen LogP contribution in [0.25, 0.3) is 22.4 Å². The second-order valence-corrected chi connectivity index (χ2v) is 5.84. The first-order valence-corrected chi connectivity index (χ1v) is 8.09. The van der Waals surface area contributed by atoms with Crippen LogP contribution in [0.3, 0.4) is 0 Å². The van der Waals surface area contributed by atoms with E-state index in [1.54, 1.807) is 19.2 Å². The van der Waals surface area contributed by atoms with Crippen molar-refractivity contribution in [2.75, 3.05) is 7.11 Å². The zero-order valence-electron chi connectivity index (χ0n) is 13.8. The fourth-order valence-corrected chi connectivity index (χ4v) is 3.00. The monoisotopic (exact) mass is 332 g/mol. The van der Waals surface area contributed by atoms with Crippen LogP contribution in [0.4, 0.5) is 4.39 Å². The van der Waals surface area contributed by atoms with Crippen molar-refractivity contribution in [3.05, 3.63) is 84.2 Å². The number of ether oxygens (including phenoxy) is 1. The Balaban J connectivity index is 1.86. The van der Waals surface area contributed by atoms with Crippen molar-refractivity contribution in [3.63, 3.8) is 0 Å². The number of hydrogen-bond acceptors (Lipinski definition) is 2. The molecule has 124 valence electrons. The van der Waals surface area contributed by atoms with Crippen LogP contribution in [0.2, 0.25) is 0 Å². The highest BCUT2D eigenvalue weighted by atomic mass is 19.1. The van der Waals surface area contributed by atoms with Crippen LogP contribution in [0.1, 0.15) is 5.56 Å². The van der Waals surface area contributed by atoms with Gasteiger partial charge in [0, 0.05) is 6.54 Å². The zero-order chi connectivity index (χ0) is 17.2. The molecule has 4 rings (SSSR count). The van der Waals surface area contributed by atoms with Gasteiger partial charge in [-0.2, -0.15) is 0 Å². The van der Waals surface area contributed by atoms with Gasteiger partial charge in [0.25, 0.3) is 0 Å². The smallest absolute Gasteiger partial charge is 0.144 e. The second-order valence-electron chi connectivity index (χ2n) is 5.84. The normalized spacial score (nSPS) is 11.0. The average Bonchev–Trinajstić information content (AvgIpc) is 3.01. The maximum Gasteiger partial charge on any atom is 0.144 e. The topological polar surface area (TPSA) is 27.1 Å².